The van der Waals surface area contributed by atoms with Crippen LogP contribution in [0.2, 0.25) is 10.0 Å². The van der Waals surface area contributed by atoms with E-state index in [1.54, 1.807) is 24.3 Å². The molecule has 0 spiro atoms. The Hall–Kier alpha value is -1.43. The molecule has 4 nitrogen and oxygen atoms in total. The van der Waals surface area contributed by atoms with E-state index in [2.05, 4.69) is 0 Å². The third-order valence-electron chi connectivity index (χ3n) is 2.65. The molecule has 2 aromatic rings. The maximum absolute atomic E-state index is 11.0. The number of nitrogens with two attached hydrogens (primary N) is 1. The van der Waals surface area contributed by atoms with Crippen LogP contribution in [0, 0.1) is 10.1 Å². The normalized spacial score (nSPS) is 10.5. The molecule has 7 heteroatoms. The largest absolute Gasteiger partial charge is 0.398 e. The second-order valence-electron chi connectivity index (χ2n) is 3.97. The fraction of sp³-hybridized carbons (Fsp3) is 0.0769. The van der Waals surface area contributed by atoms with Crippen molar-refractivity contribution in [3.8, 4) is 0 Å². The molecule has 104 valence electrons. The van der Waals surface area contributed by atoms with Gasteiger partial charge in [-0.1, -0.05) is 29.3 Å². The predicted molar refractivity (Wildman–Crippen MR) is 83.5 cm³/mol. The average Bonchev–Trinajstić information content (AvgIpc) is 2.40. The summed E-state index contributed by atoms with van der Waals surface area (Å²) in [5.74, 6) is 0.385. The van der Waals surface area contributed by atoms with Gasteiger partial charge in [-0.05, 0) is 24.3 Å². The van der Waals surface area contributed by atoms with Gasteiger partial charge in [0, 0.05) is 16.7 Å². The van der Waals surface area contributed by atoms with Gasteiger partial charge in [-0.3, -0.25) is 10.1 Å². The lowest BCUT2D eigenvalue weighted by molar-refractivity contribution is -0.385. The Balaban J connectivity index is 2.22. The van der Waals surface area contributed by atoms with Crippen molar-refractivity contribution in [3.05, 3.63) is 62.1 Å². The van der Waals surface area contributed by atoms with Crippen molar-refractivity contribution in [1.29, 1.82) is 0 Å². The Kier molecular flexibility index (Phi) is 4.75. The summed E-state index contributed by atoms with van der Waals surface area (Å²) in [7, 11) is 0. The summed E-state index contributed by atoms with van der Waals surface area (Å²) >= 11 is 13.4. The highest BCUT2D eigenvalue weighted by Crippen LogP contribution is 2.34. The van der Waals surface area contributed by atoms with Crippen LogP contribution in [0.4, 0.5) is 11.4 Å². The van der Waals surface area contributed by atoms with Crippen LogP contribution in [0.5, 0.6) is 0 Å². The van der Waals surface area contributed by atoms with Gasteiger partial charge in [0.05, 0.1) is 26.2 Å². The van der Waals surface area contributed by atoms with Gasteiger partial charge < -0.3 is 5.73 Å². The van der Waals surface area contributed by atoms with E-state index in [1.165, 1.54) is 17.8 Å². The van der Waals surface area contributed by atoms with Crippen LogP contribution >= 0.6 is 35.0 Å². The molecule has 20 heavy (non-hydrogen) atoms. The lowest BCUT2D eigenvalue weighted by Gasteiger charge is -2.06. The van der Waals surface area contributed by atoms with Crippen molar-refractivity contribution >= 4 is 46.3 Å². The molecular weight excluding hydrogens is 319 g/mol. The molecule has 0 aliphatic carbocycles. The van der Waals surface area contributed by atoms with Gasteiger partial charge in [0.1, 0.15) is 0 Å². The van der Waals surface area contributed by atoms with Gasteiger partial charge in [0.2, 0.25) is 0 Å². The number of nitro groups is 1. The number of halogens is 2. The van der Waals surface area contributed by atoms with Gasteiger partial charge in [-0.15, -0.1) is 11.8 Å². The van der Waals surface area contributed by atoms with Gasteiger partial charge in [0.15, 0.2) is 0 Å². The number of anilines is 1. The minimum Gasteiger partial charge on any atom is -0.398 e. The van der Waals surface area contributed by atoms with Crippen molar-refractivity contribution < 1.29 is 4.92 Å². The highest BCUT2D eigenvalue weighted by atomic mass is 35.5. The summed E-state index contributed by atoms with van der Waals surface area (Å²) in [6.45, 7) is 0. The third kappa shape index (κ3) is 3.36. The number of nitrogens with zero attached hydrogens (tertiary/aromatic N) is 1. The smallest absolute Gasteiger partial charge is 0.274 e. The summed E-state index contributed by atoms with van der Waals surface area (Å²) in [5, 5.41) is 11.8. The van der Waals surface area contributed by atoms with Crippen LogP contribution in [0.3, 0.4) is 0 Å². The highest BCUT2D eigenvalue weighted by molar-refractivity contribution is 7.98. The molecule has 0 bridgehead atoms. The molecule has 0 amide bonds. The lowest BCUT2D eigenvalue weighted by atomic mass is 10.2. The standard InChI is InChI=1S/C13H10Cl2N2O2S/c14-10-2-1-3-13(17(18)19)9(10)7-20-8-4-5-12(16)11(15)6-8/h1-6H,7,16H2. The van der Waals surface area contributed by atoms with Crippen LogP contribution < -0.4 is 5.73 Å². The van der Waals surface area contributed by atoms with E-state index in [4.69, 9.17) is 28.9 Å². The molecule has 0 saturated heterocycles. The molecule has 2 aromatic carbocycles. The quantitative estimate of drug-likeness (QED) is 0.379. The first kappa shape index (κ1) is 15.0. The average molecular weight is 329 g/mol. The van der Waals surface area contributed by atoms with Crippen LogP contribution in [-0.2, 0) is 5.75 Å². The van der Waals surface area contributed by atoms with E-state index in [-0.39, 0.29) is 5.69 Å². The van der Waals surface area contributed by atoms with E-state index < -0.39 is 4.92 Å². The first-order chi connectivity index (χ1) is 9.49. The first-order valence-corrected chi connectivity index (χ1v) is 7.33. The molecule has 0 saturated carbocycles. The SMILES string of the molecule is Nc1ccc(SCc2c(Cl)cccc2[N+](=O)[O-])cc1Cl. The fourth-order valence-electron chi connectivity index (χ4n) is 1.61. The fourth-order valence-corrected chi connectivity index (χ4v) is 3.16. The van der Waals surface area contributed by atoms with E-state index in [0.717, 1.165) is 4.90 Å². The minimum atomic E-state index is -0.433. The topological polar surface area (TPSA) is 69.2 Å². The minimum absolute atomic E-state index is 0.0199. The van der Waals surface area contributed by atoms with E-state index in [1.807, 2.05) is 6.07 Å². The Morgan fingerprint density at radius 2 is 1.95 bits per heavy atom. The Morgan fingerprint density at radius 3 is 2.60 bits per heavy atom. The number of hydrogen-bond acceptors (Lipinski definition) is 4. The number of nitro benzene ring substituents is 1. The molecule has 0 atom stereocenters. The molecule has 0 aliphatic heterocycles. The van der Waals surface area contributed by atoms with Crippen LogP contribution in [0.25, 0.3) is 0 Å². The molecule has 0 radical (unpaired) electrons. The lowest BCUT2D eigenvalue weighted by Crippen LogP contribution is -1.95. The zero-order valence-corrected chi connectivity index (χ0v) is 12.5. The van der Waals surface area contributed by atoms with Crippen LogP contribution in [-0.4, -0.2) is 4.92 Å². The highest BCUT2D eigenvalue weighted by Gasteiger charge is 2.16. The molecule has 0 fully saturated rings. The third-order valence-corrected chi connectivity index (χ3v) is 4.35. The van der Waals surface area contributed by atoms with Crippen molar-refractivity contribution in [1.82, 2.24) is 0 Å². The number of rotatable bonds is 4. The van der Waals surface area contributed by atoms with Gasteiger partial charge in [-0.2, -0.15) is 0 Å². The Bertz CT molecular complexity index is 665. The second-order valence-corrected chi connectivity index (χ2v) is 5.83. The maximum atomic E-state index is 11.0. The van der Waals surface area contributed by atoms with Gasteiger partial charge in [-0.25, -0.2) is 0 Å². The number of hydrogen-bond donors (Lipinski definition) is 1. The monoisotopic (exact) mass is 328 g/mol. The zero-order valence-electron chi connectivity index (χ0n) is 10.2. The summed E-state index contributed by atoms with van der Waals surface area (Å²) in [5.41, 5.74) is 6.65. The van der Waals surface area contributed by atoms with Crippen LogP contribution in [0.1, 0.15) is 5.56 Å². The summed E-state index contributed by atoms with van der Waals surface area (Å²) < 4.78 is 0. The number of nitrogen functional groups attached to an aromatic ring is 1. The molecular formula is C13H10Cl2N2O2S. The summed E-state index contributed by atoms with van der Waals surface area (Å²) in [4.78, 5) is 11.4. The molecule has 0 aromatic heterocycles. The van der Waals surface area contributed by atoms with Gasteiger partial charge >= 0.3 is 0 Å². The van der Waals surface area contributed by atoms with Crippen molar-refractivity contribution in [2.45, 2.75) is 10.6 Å². The summed E-state index contributed by atoms with van der Waals surface area (Å²) in [6.07, 6.45) is 0. The predicted octanol–water partition coefficient (Wildman–Crippen LogP) is 4.78. The Morgan fingerprint density at radius 1 is 1.20 bits per heavy atom. The molecule has 0 unspecified atom stereocenters. The first-order valence-electron chi connectivity index (χ1n) is 5.58. The molecule has 0 aliphatic rings. The maximum Gasteiger partial charge on any atom is 0.274 e. The number of benzene rings is 2. The summed E-state index contributed by atoms with van der Waals surface area (Å²) in [6, 6.07) is 9.89. The van der Waals surface area contributed by atoms with Crippen molar-refractivity contribution in [2.75, 3.05) is 5.73 Å². The number of thioether (sulfide) groups is 1. The molecule has 0 heterocycles. The Labute approximate surface area is 130 Å². The van der Waals surface area contributed by atoms with Crippen molar-refractivity contribution in [3.63, 3.8) is 0 Å². The van der Waals surface area contributed by atoms with Crippen molar-refractivity contribution in [2.24, 2.45) is 0 Å². The van der Waals surface area contributed by atoms with E-state index in [0.29, 0.717) is 27.0 Å². The molecule has 2 N–H and O–H groups in total. The van der Waals surface area contributed by atoms with E-state index >= 15 is 0 Å². The molecule has 2 rings (SSSR count). The van der Waals surface area contributed by atoms with Crippen LogP contribution in [0.15, 0.2) is 41.3 Å². The second kappa shape index (κ2) is 6.35. The zero-order chi connectivity index (χ0) is 14.7. The van der Waals surface area contributed by atoms with E-state index in [9.17, 15) is 10.1 Å². The van der Waals surface area contributed by atoms with Gasteiger partial charge in [0.25, 0.3) is 5.69 Å².